The van der Waals surface area contributed by atoms with Crippen molar-refractivity contribution in [2.24, 2.45) is 0 Å². The van der Waals surface area contributed by atoms with Crippen LogP contribution in [0, 0.1) is 0 Å². The van der Waals surface area contributed by atoms with Gasteiger partial charge >= 0.3 is 12.1 Å². The summed E-state index contributed by atoms with van der Waals surface area (Å²) in [7, 11) is -3.09. The van der Waals surface area contributed by atoms with Crippen molar-refractivity contribution in [3.8, 4) is 17.0 Å². The molecule has 2 heterocycles. The third-order valence-electron chi connectivity index (χ3n) is 6.45. The summed E-state index contributed by atoms with van der Waals surface area (Å²) in [6.45, 7) is 3.45. The number of thiophene rings is 1. The first kappa shape index (κ1) is 31.4. The van der Waals surface area contributed by atoms with E-state index in [9.17, 15) is 31.2 Å². The number of aryl methyl sites for hydroxylation is 1. The molecule has 1 amide bonds. The Hall–Kier alpha value is -3.52. The van der Waals surface area contributed by atoms with E-state index < -0.39 is 44.5 Å². The molecular formula is C28H30F3N3O6S2. The van der Waals surface area contributed by atoms with Gasteiger partial charge in [0.25, 0.3) is 0 Å². The van der Waals surface area contributed by atoms with Crippen molar-refractivity contribution < 1.29 is 40.7 Å². The quantitative estimate of drug-likeness (QED) is 0.219. The number of hydrogen-bond acceptors (Lipinski definition) is 9. The number of methoxy groups -OCH3 is 1. The number of ether oxygens (including phenoxy) is 2. The van der Waals surface area contributed by atoms with E-state index in [4.69, 9.17) is 9.47 Å². The Morgan fingerprint density at radius 1 is 1.12 bits per heavy atom. The Morgan fingerprint density at radius 2 is 1.83 bits per heavy atom. The predicted octanol–water partition coefficient (Wildman–Crippen LogP) is 5.87. The number of anilines is 1. The molecule has 0 fully saturated rings. The van der Waals surface area contributed by atoms with E-state index in [1.807, 2.05) is 0 Å². The maximum Gasteiger partial charge on any atom is 0.433 e. The van der Waals surface area contributed by atoms with E-state index in [2.05, 4.69) is 15.3 Å². The normalized spacial score (nSPS) is 13.5. The molecule has 0 radical (unpaired) electrons. The van der Waals surface area contributed by atoms with Crippen molar-refractivity contribution in [1.29, 1.82) is 0 Å². The number of nitrogens with one attached hydrogen (secondary N) is 1. The molecule has 42 heavy (non-hydrogen) atoms. The van der Waals surface area contributed by atoms with Gasteiger partial charge in [-0.1, -0.05) is 12.1 Å². The Morgan fingerprint density at radius 3 is 2.52 bits per heavy atom. The van der Waals surface area contributed by atoms with E-state index in [1.165, 1.54) is 30.6 Å². The highest BCUT2D eigenvalue weighted by atomic mass is 32.2. The smallest absolute Gasteiger partial charge is 0.433 e. The first-order valence-electron chi connectivity index (χ1n) is 13.3. The third kappa shape index (κ3) is 7.27. The van der Waals surface area contributed by atoms with Gasteiger partial charge in [0.2, 0.25) is 20.9 Å². The number of benzene rings is 1. The number of carbonyl (C=O) groups excluding carboxylic acids is 2. The van der Waals surface area contributed by atoms with Crippen molar-refractivity contribution in [2.75, 3.05) is 18.2 Å². The highest BCUT2D eigenvalue weighted by Crippen LogP contribution is 2.39. The average molecular weight is 626 g/mol. The van der Waals surface area contributed by atoms with Crippen LogP contribution >= 0.6 is 11.3 Å². The van der Waals surface area contributed by atoms with Crippen molar-refractivity contribution in [1.82, 2.24) is 9.97 Å². The van der Waals surface area contributed by atoms with E-state index >= 15 is 0 Å². The van der Waals surface area contributed by atoms with Gasteiger partial charge in [-0.05, 0) is 69.7 Å². The zero-order chi connectivity index (χ0) is 30.7. The summed E-state index contributed by atoms with van der Waals surface area (Å²) in [5, 5.41) is 2.06. The lowest BCUT2D eigenvalue weighted by atomic mass is 9.95. The van der Waals surface area contributed by atoms with Gasteiger partial charge in [0.1, 0.15) is 16.4 Å². The van der Waals surface area contributed by atoms with Gasteiger partial charge in [-0.25, -0.2) is 23.2 Å². The fraction of sp³-hybridized carbons (Fsp3) is 0.429. The molecular weight excluding hydrogens is 595 g/mol. The van der Waals surface area contributed by atoms with Crippen molar-refractivity contribution in [3.05, 3.63) is 52.0 Å². The first-order chi connectivity index (χ1) is 19.8. The Kier molecular flexibility index (Phi) is 9.56. The van der Waals surface area contributed by atoms with Gasteiger partial charge in [-0.2, -0.15) is 13.2 Å². The van der Waals surface area contributed by atoms with Gasteiger partial charge in [0, 0.05) is 16.9 Å². The molecule has 14 heteroatoms. The van der Waals surface area contributed by atoms with Crippen LogP contribution in [0.5, 0.6) is 5.75 Å². The minimum Gasteiger partial charge on any atom is -0.496 e. The molecule has 9 nitrogen and oxygen atoms in total. The Balaban J connectivity index is 1.51. The summed E-state index contributed by atoms with van der Waals surface area (Å²) in [6, 6.07) is 6.79. The molecule has 3 aromatic rings. The summed E-state index contributed by atoms with van der Waals surface area (Å²) in [6.07, 6.45) is -2.42. The van der Waals surface area contributed by atoms with Gasteiger partial charge < -0.3 is 14.8 Å². The summed E-state index contributed by atoms with van der Waals surface area (Å²) in [5.41, 5.74) is -0.340. The van der Waals surface area contributed by atoms with Crippen molar-refractivity contribution >= 4 is 38.1 Å². The number of fused-ring (bicyclic) bond motifs is 1. The average Bonchev–Trinajstić information content (AvgIpc) is 3.29. The third-order valence-corrected chi connectivity index (χ3v) is 9.22. The number of hydrogen-bond donors (Lipinski definition) is 1. The second-order valence-electron chi connectivity index (χ2n) is 9.96. The van der Waals surface area contributed by atoms with E-state index in [1.54, 1.807) is 26.0 Å². The van der Waals surface area contributed by atoms with Crippen LogP contribution in [0.1, 0.15) is 66.0 Å². The molecule has 0 aliphatic heterocycles. The van der Waals surface area contributed by atoms with Crippen LogP contribution in [0.2, 0.25) is 0 Å². The van der Waals surface area contributed by atoms with Gasteiger partial charge in [-0.3, -0.25) is 4.79 Å². The molecule has 226 valence electrons. The number of aromatic nitrogens is 2. The lowest BCUT2D eigenvalue weighted by molar-refractivity contribution is -0.141. The maximum atomic E-state index is 13.6. The molecule has 1 N–H and O–H groups in total. The molecule has 1 aliphatic carbocycles. The van der Waals surface area contributed by atoms with E-state index in [0.29, 0.717) is 23.1 Å². The van der Waals surface area contributed by atoms with Crippen LogP contribution in [-0.4, -0.2) is 49.2 Å². The first-order valence-corrected chi connectivity index (χ1v) is 15.7. The second kappa shape index (κ2) is 12.8. The zero-order valence-electron chi connectivity index (χ0n) is 23.2. The number of alkyl halides is 3. The minimum absolute atomic E-state index is 0.161. The maximum absolute atomic E-state index is 13.6. The largest absolute Gasteiger partial charge is 0.496 e. The fourth-order valence-electron chi connectivity index (χ4n) is 4.55. The number of rotatable bonds is 10. The molecule has 0 unspecified atom stereocenters. The van der Waals surface area contributed by atoms with Gasteiger partial charge in [-0.15, -0.1) is 11.3 Å². The number of para-hydroxylation sites is 1. The molecule has 2 aromatic heterocycles. The molecule has 0 saturated heterocycles. The topological polar surface area (TPSA) is 125 Å². The SMILES string of the molecule is COc1ccccc1-c1cc(C(F)(F)F)nc(S(=O)(=O)CCCC(=O)Nc2sc3c(c2C(=O)OC(C)C)CCCC3)n1. The number of sulfone groups is 1. The zero-order valence-corrected chi connectivity index (χ0v) is 24.8. The van der Waals surface area contributed by atoms with Crippen LogP contribution in [0.25, 0.3) is 11.3 Å². The second-order valence-corrected chi connectivity index (χ2v) is 13.1. The molecule has 0 atom stereocenters. The number of nitrogens with zero attached hydrogens (tertiary/aromatic N) is 2. The molecule has 1 aliphatic rings. The van der Waals surface area contributed by atoms with Crippen LogP contribution < -0.4 is 10.1 Å². The minimum atomic E-state index is -4.93. The molecule has 0 spiro atoms. The number of esters is 1. The summed E-state index contributed by atoms with van der Waals surface area (Å²) in [5.74, 6) is -1.54. The van der Waals surface area contributed by atoms with Crippen LogP contribution in [-0.2, 0) is 38.4 Å². The van der Waals surface area contributed by atoms with Crippen LogP contribution in [0.3, 0.4) is 0 Å². The number of amides is 1. The van der Waals surface area contributed by atoms with E-state index in [0.717, 1.165) is 29.7 Å². The molecule has 4 rings (SSSR count). The fourth-order valence-corrected chi connectivity index (χ4v) is 7.03. The highest BCUT2D eigenvalue weighted by Gasteiger charge is 2.36. The van der Waals surface area contributed by atoms with Gasteiger partial charge in [0.05, 0.1) is 30.2 Å². The number of halogens is 3. The standard InChI is InChI=1S/C28H30F3N3O6S2/c1-16(2)40-26(36)24-18-10-5-7-12-21(18)41-25(24)34-23(35)13-8-14-42(37,38)27-32-19(15-22(33-27)28(29,30)31)17-9-4-6-11-20(17)39-3/h4,6,9,11,15-16H,5,7-8,10,12-14H2,1-3H3,(H,34,35). The Bertz CT molecular complexity index is 1590. The van der Waals surface area contributed by atoms with Crippen LogP contribution in [0.4, 0.5) is 18.2 Å². The predicted molar refractivity (Wildman–Crippen MR) is 150 cm³/mol. The van der Waals surface area contributed by atoms with Crippen molar-refractivity contribution in [3.63, 3.8) is 0 Å². The summed E-state index contributed by atoms with van der Waals surface area (Å²) in [4.78, 5) is 33.8. The lowest BCUT2D eigenvalue weighted by Gasteiger charge is -2.14. The molecule has 1 aromatic carbocycles. The lowest BCUT2D eigenvalue weighted by Crippen LogP contribution is -2.19. The monoisotopic (exact) mass is 625 g/mol. The number of carbonyl (C=O) groups is 2. The van der Waals surface area contributed by atoms with E-state index in [-0.39, 0.29) is 36.0 Å². The van der Waals surface area contributed by atoms with Crippen molar-refractivity contribution in [2.45, 2.75) is 69.8 Å². The summed E-state index contributed by atoms with van der Waals surface area (Å²) >= 11 is 1.30. The van der Waals surface area contributed by atoms with Gasteiger partial charge in [0.15, 0.2) is 0 Å². The molecule has 0 saturated carbocycles. The van der Waals surface area contributed by atoms with Crippen LogP contribution in [0.15, 0.2) is 35.5 Å². The Labute approximate surface area is 245 Å². The molecule has 0 bridgehead atoms. The summed E-state index contributed by atoms with van der Waals surface area (Å²) < 4.78 is 77.6. The highest BCUT2D eigenvalue weighted by molar-refractivity contribution is 7.91.